The van der Waals surface area contributed by atoms with Crippen molar-refractivity contribution in [3.05, 3.63) is 22.8 Å². The molecule has 0 bridgehead atoms. The Kier molecular flexibility index (Phi) is 7.07. The van der Waals surface area contributed by atoms with Gasteiger partial charge in [-0.15, -0.1) is 0 Å². The molecule has 2 aromatic rings. The van der Waals surface area contributed by atoms with Crippen molar-refractivity contribution < 1.29 is 23.9 Å². The maximum atomic E-state index is 14.4. The van der Waals surface area contributed by atoms with Crippen LogP contribution in [0.15, 0.2) is 4.52 Å². The van der Waals surface area contributed by atoms with Gasteiger partial charge in [0.15, 0.2) is 0 Å². The lowest BCUT2D eigenvalue weighted by atomic mass is 9.89. The van der Waals surface area contributed by atoms with Crippen molar-refractivity contribution in [3.8, 4) is 5.95 Å². The highest BCUT2D eigenvalue weighted by Gasteiger charge is 2.41. The van der Waals surface area contributed by atoms with Gasteiger partial charge in [0.05, 0.1) is 11.4 Å². The second kappa shape index (κ2) is 9.71. The minimum absolute atomic E-state index is 0.118. The summed E-state index contributed by atoms with van der Waals surface area (Å²) in [5.41, 5.74) is 0.698. The average molecular weight is 479 g/mol. The van der Waals surface area contributed by atoms with Crippen LogP contribution < -0.4 is 0 Å². The molecule has 4 heterocycles. The number of carbonyl (C=O) groups excluding carboxylic acids is 1. The topological polar surface area (TPSA) is 121 Å². The van der Waals surface area contributed by atoms with E-state index in [1.54, 1.807) is 4.90 Å². The van der Waals surface area contributed by atoms with Crippen LogP contribution in [0.1, 0.15) is 81.4 Å². The van der Waals surface area contributed by atoms with Crippen LogP contribution in [0.5, 0.6) is 0 Å². The Hall–Kier alpha value is -2.37. The lowest BCUT2D eigenvalue weighted by Crippen LogP contribution is -2.51. The number of alkyl halides is 1. The average Bonchev–Trinajstić information content (AvgIpc) is 3.44. The summed E-state index contributed by atoms with van der Waals surface area (Å²) in [6.07, 6.45) is 1.30. The molecule has 1 unspecified atom stereocenters. The summed E-state index contributed by atoms with van der Waals surface area (Å²) >= 11 is 0. The fourth-order valence-corrected chi connectivity index (χ4v) is 5.24. The van der Waals surface area contributed by atoms with Crippen molar-refractivity contribution in [1.29, 1.82) is 0 Å². The van der Waals surface area contributed by atoms with Gasteiger partial charge in [0.1, 0.15) is 18.4 Å². The van der Waals surface area contributed by atoms with Crippen LogP contribution in [0.2, 0.25) is 0 Å². The molecule has 2 aliphatic heterocycles. The lowest BCUT2D eigenvalue weighted by Gasteiger charge is -2.43. The summed E-state index contributed by atoms with van der Waals surface area (Å²) in [7, 11) is 0. The molecule has 2 saturated heterocycles. The molecular formula is C23H35FN6O4. The first-order valence-corrected chi connectivity index (χ1v) is 12.1. The molecule has 188 valence electrons. The van der Waals surface area contributed by atoms with E-state index >= 15 is 0 Å². The number of nitrogens with zero attached hydrogens (tertiary/aromatic N) is 6. The highest BCUT2D eigenvalue weighted by Crippen LogP contribution is 2.35. The molecule has 2 N–H and O–H groups in total. The van der Waals surface area contributed by atoms with Gasteiger partial charge in [0.25, 0.3) is 11.8 Å². The van der Waals surface area contributed by atoms with Crippen LogP contribution in [-0.4, -0.2) is 84.7 Å². The van der Waals surface area contributed by atoms with Crippen molar-refractivity contribution in [2.45, 2.75) is 77.1 Å². The number of rotatable bonds is 6. The number of likely N-dealkylation sites (tertiary alicyclic amines) is 2. The number of amides is 1. The van der Waals surface area contributed by atoms with Crippen molar-refractivity contribution in [2.24, 2.45) is 0 Å². The summed E-state index contributed by atoms with van der Waals surface area (Å²) in [5, 5.41) is 28.9. The zero-order valence-corrected chi connectivity index (χ0v) is 20.4. The van der Waals surface area contributed by atoms with E-state index in [-0.39, 0.29) is 23.7 Å². The summed E-state index contributed by atoms with van der Waals surface area (Å²) in [4.78, 5) is 20.1. The van der Waals surface area contributed by atoms with Gasteiger partial charge in [0, 0.05) is 32.2 Å². The third kappa shape index (κ3) is 4.60. The minimum atomic E-state index is -1.26. The molecule has 0 aromatic carbocycles. The molecule has 2 fully saturated rings. The fourth-order valence-electron chi connectivity index (χ4n) is 5.24. The smallest absolute Gasteiger partial charge is 0.291 e. The molecule has 1 amide bonds. The Morgan fingerprint density at radius 2 is 1.85 bits per heavy atom. The second-order valence-corrected chi connectivity index (χ2v) is 9.82. The molecule has 34 heavy (non-hydrogen) atoms. The van der Waals surface area contributed by atoms with Gasteiger partial charge >= 0.3 is 0 Å². The van der Waals surface area contributed by atoms with E-state index in [2.05, 4.69) is 20.1 Å². The van der Waals surface area contributed by atoms with E-state index < -0.39 is 18.4 Å². The van der Waals surface area contributed by atoms with Crippen LogP contribution in [0.3, 0.4) is 0 Å². The lowest BCUT2D eigenvalue weighted by molar-refractivity contribution is -0.136. The quantitative estimate of drug-likeness (QED) is 0.647. The van der Waals surface area contributed by atoms with Gasteiger partial charge in [0.2, 0.25) is 5.91 Å². The number of hydrogen-bond acceptors (Lipinski definition) is 8. The summed E-state index contributed by atoms with van der Waals surface area (Å²) in [6, 6.07) is 0.334. The number of halogens is 1. The highest BCUT2D eigenvalue weighted by atomic mass is 19.1. The number of aliphatic hydroxyl groups is 2. The fraction of sp³-hybridized carbons (Fsp3) is 0.739. The first-order chi connectivity index (χ1) is 16.1. The van der Waals surface area contributed by atoms with Gasteiger partial charge in [-0.25, -0.2) is 4.39 Å². The molecule has 11 heteroatoms. The van der Waals surface area contributed by atoms with E-state index in [0.717, 1.165) is 24.1 Å². The molecule has 2 aromatic heterocycles. The minimum Gasteiger partial charge on any atom is -0.387 e. The van der Waals surface area contributed by atoms with Crippen molar-refractivity contribution in [1.82, 2.24) is 29.7 Å². The SMILES string of the molecule is Cc1c(C(C)C)nn(-c2noc(C3(O)CCN(C4CCN(C(=O)CO)CC4)CC3)n2)c1C(C)F. The third-order valence-electron chi connectivity index (χ3n) is 7.22. The number of piperidine rings is 2. The largest absolute Gasteiger partial charge is 0.387 e. The number of carbonyl (C=O) groups is 1. The summed E-state index contributed by atoms with van der Waals surface area (Å²) in [5.74, 6) is 0.146. The molecule has 1 atom stereocenters. The maximum absolute atomic E-state index is 14.4. The zero-order valence-electron chi connectivity index (χ0n) is 20.4. The molecule has 10 nitrogen and oxygen atoms in total. The Labute approximate surface area is 198 Å². The van der Waals surface area contributed by atoms with Gasteiger partial charge in [-0.3, -0.25) is 4.79 Å². The van der Waals surface area contributed by atoms with Crippen molar-refractivity contribution in [2.75, 3.05) is 32.8 Å². The first kappa shape index (κ1) is 24.7. The van der Waals surface area contributed by atoms with Crippen LogP contribution in [0.25, 0.3) is 5.95 Å². The van der Waals surface area contributed by atoms with E-state index in [4.69, 9.17) is 9.63 Å². The molecule has 0 spiro atoms. The predicted octanol–water partition coefficient (Wildman–Crippen LogP) is 1.98. The van der Waals surface area contributed by atoms with Gasteiger partial charge in [-0.2, -0.15) is 14.8 Å². The van der Waals surface area contributed by atoms with Crippen molar-refractivity contribution >= 4 is 5.91 Å². The van der Waals surface area contributed by atoms with Gasteiger partial charge in [-0.05, 0) is 56.2 Å². The molecule has 2 aliphatic rings. The van der Waals surface area contributed by atoms with Gasteiger partial charge in [-0.1, -0.05) is 13.8 Å². The standard InChI is InChI=1S/C23H35FN6O4/c1-14(2)19-15(3)20(16(4)24)30(26-19)22-25-21(34-27-22)23(33)7-11-28(12-8-23)17-5-9-29(10-6-17)18(32)13-31/h14,16-17,31,33H,5-13H2,1-4H3. The van der Waals surface area contributed by atoms with E-state index in [9.17, 15) is 14.3 Å². The second-order valence-electron chi connectivity index (χ2n) is 9.82. The van der Waals surface area contributed by atoms with Crippen LogP contribution in [-0.2, 0) is 10.4 Å². The Balaban J connectivity index is 1.44. The summed E-state index contributed by atoms with van der Waals surface area (Å²) < 4.78 is 21.3. The molecule has 0 aliphatic carbocycles. The van der Waals surface area contributed by atoms with E-state index in [1.807, 2.05) is 20.8 Å². The molecular weight excluding hydrogens is 443 g/mol. The number of aromatic nitrogens is 4. The Morgan fingerprint density at radius 1 is 1.21 bits per heavy atom. The predicted molar refractivity (Wildman–Crippen MR) is 121 cm³/mol. The molecule has 0 saturated carbocycles. The highest BCUT2D eigenvalue weighted by molar-refractivity contribution is 5.77. The van der Waals surface area contributed by atoms with Crippen molar-refractivity contribution in [3.63, 3.8) is 0 Å². The maximum Gasteiger partial charge on any atom is 0.291 e. The first-order valence-electron chi connectivity index (χ1n) is 12.1. The number of hydrogen-bond donors (Lipinski definition) is 2. The molecule has 4 rings (SSSR count). The summed E-state index contributed by atoms with van der Waals surface area (Å²) in [6.45, 7) is 9.45. The third-order valence-corrected chi connectivity index (χ3v) is 7.22. The van der Waals surface area contributed by atoms with Crippen LogP contribution in [0, 0.1) is 6.92 Å². The Morgan fingerprint density at radius 3 is 2.41 bits per heavy atom. The van der Waals surface area contributed by atoms with Crippen LogP contribution >= 0.6 is 0 Å². The number of aliphatic hydroxyl groups excluding tert-OH is 1. The van der Waals surface area contributed by atoms with E-state index in [1.165, 1.54) is 11.6 Å². The normalized spacial score (nSPS) is 20.8. The zero-order chi connectivity index (χ0) is 24.6. The van der Waals surface area contributed by atoms with Gasteiger partial charge < -0.3 is 24.5 Å². The monoisotopic (exact) mass is 478 g/mol. The molecule has 0 radical (unpaired) electrons. The van der Waals surface area contributed by atoms with Crippen LogP contribution in [0.4, 0.5) is 4.39 Å². The Bertz CT molecular complexity index is 1000. The van der Waals surface area contributed by atoms with E-state index in [0.29, 0.717) is 50.8 Å².